The van der Waals surface area contributed by atoms with Gasteiger partial charge in [0.1, 0.15) is 18.2 Å². The first kappa shape index (κ1) is 21.7. The van der Waals surface area contributed by atoms with Crippen LogP contribution >= 0.6 is 0 Å². The molecule has 4 aliphatic rings. The fourth-order valence-corrected chi connectivity index (χ4v) is 5.49. The maximum Gasteiger partial charge on any atom is 0.411 e. The Hall–Kier alpha value is -2.13. The average Bonchev–Trinajstić information content (AvgIpc) is 3.42. The number of alkyl halides is 5. The highest BCUT2D eigenvalue weighted by Gasteiger charge is 2.85. The van der Waals surface area contributed by atoms with Crippen molar-refractivity contribution in [3.05, 3.63) is 70.8 Å². The number of ether oxygens (including phenoxy) is 2. The molecule has 1 aliphatic heterocycles. The van der Waals surface area contributed by atoms with Gasteiger partial charge in [0.05, 0.1) is 13.2 Å². The minimum absolute atomic E-state index is 0.197. The summed E-state index contributed by atoms with van der Waals surface area (Å²) >= 11 is 0. The van der Waals surface area contributed by atoms with Crippen LogP contribution in [0.15, 0.2) is 42.5 Å². The highest BCUT2D eigenvalue weighted by atomic mass is 19.4. The zero-order valence-corrected chi connectivity index (χ0v) is 16.7. The SMILES string of the molecule is Fc1ccc(C2(C(F)(F)C34CC(c5ccc(COCC(F)(F)F)cc5)(C3)C4)CO2)c(F)c1. The Morgan fingerprint density at radius 2 is 1.53 bits per heavy atom. The van der Waals surface area contributed by atoms with E-state index in [1.165, 1.54) is 0 Å². The Morgan fingerprint density at radius 3 is 2.06 bits per heavy atom. The molecule has 1 saturated heterocycles. The molecule has 3 aliphatic carbocycles. The van der Waals surface area contributed by atoms with E-state index in [2.05, 4.69) is 4.74 Å². The van der Waals surface area contributed by atoms with Crippen molar-refractivity contribution in [1.82, 2.24) is 0 Å². The van der Waals surface area contributed by atoms with E-state index in [4.69, 9.17) is 4.74 Å². The van der Waals surface area contributed by atoms with E-state index in [1.807, 2.05) is 0 Å². The van der Waals surface area contributed by atoms with Crippen LogP contribution < -0.4 is 0 Å². The van der Waals surface area contributed by atoms with E-state index in [0.717, 1.165) is 17.7 Å². The maximum atomic E-state index is 15.6. The lowest BCUT2D eigenvalue weighted by Crippen LogP contribution is -2.74. The van der Waals surface area contributed by atoms with Crippen LogP contribution in [0.1, 0.15) is 36.0 Å². The summed E-state index contributed by atoms with van der Waals surface area (Å²) in [6.45, 7) is -1.86. The zero-order valence-electron chi connectivity index (χ0n) is 16.7. The summed E-state index contributed by atoms with van der Waals surface area (Å²) in [5.74, 6) is -5.22. The quantitative estimate of drug-likeness (QED) is 0.372. The fraction of sp³-hybridized carbons (Fsp3) is 0.478. The van der Waals surface area contributed by atoms with Gasteiger partial charge in [-0.25, -0.2) is 17.6 Å². The highest BCUT2D eigenvalue weighted by Crippen LogP contribution is 2.81. The van der Waals surface area contributed by atoms with Gasteiger partial charge in [-0.1, -0.05) is 24.3 Å². The largest absolute Gasteiger partial charge is 0.411 e. The average molecular weight is 460 g/mol. The third-order valence-corrected chi connectivity index (χ3v) is 7.10. The van der Waals surface area contributed by atoms with Gasteiger partial charge in [0.15, 0.2) is 5.60 Å². The molecule has 2 aromatic carbocycles. The first-order valence-electron chi connectivity index (χ1n) is 10.1. The molecule has 3 saturated carbocycles. The predicted molar refractivity (Wildman–Crippen MR) is 99.1 cm³/mol. The molecule has 32 heavy (non-hydrogen) atoms. The molecule has 1 heterocycles. The second-order valence-electron chi connectivity index (χ2n) is 9.21. The Bertz CT molecular complexity index is 1020. The summed E-state index contributed by atoms with van der Waals surface area (Å²) in [4.78, 5) is 0. The van der Waals surface area contributed by atoms with Gasteiger partial charge in [-0.2, -0.15) is 13.2 Å². The van der Waals surface area contributed by atoms with Crippen LogP contribution in [0.2, 0.25) is 0 Å². The molecule has 0 spiro atoms. The van der Waals surface area contributed by atoms with Crippen molar-refractivity contribution >= 4 is 0 Å². The van der Waals surface area contributed by atoms with Crippen LogP contribution in [0.25, 0.3) is 0 Å². The first-order valence-corrected chi connectivity index (χ1v) is 10.1. The van der Waals surface area contributed by atoms with Crippen molar-refractivity contribution in [2.45, 2.75) is 49.0 Å². The van der Waals surface area contributed by atoms with Gasteiger partial charge < -0.3 is 9.47 Å². The van der Waals surface area contributed by atoms with Crippen LogP contribution in [-0.2, 0) is 27.1 Å². The molecule has 0 N–H and O–H groups in total. The first-order chi connectivity index (χ1) is 14.9. The summed E-state index contributed by atoms with van der Waals surface area (Å²) in [7, 11) is 0. The molecule has 1 atom stereocenters. The number of halogens is 7. The van der Waals surface area contributed by atoms with Crippen LogP contribution in [0.4, 0.5) is 30.7 Å². The molecule has 9 heteroatoms. The molecule has 172 valence electrons. The van der Waals surface area contributed by atoms with Crippen molar-refractivity contribution in [2.75, 3.05) is 13.2 Å². The van der Waals surface area contributed by atoms with Gasteiger partial charge in [0.25, 0.3) is 5.92 Å². The van der Waals surface area contributed by atoms with Gasteiger partial charge >= 0.3 is 6.18 Å². The number of hydrogen-bond acceptors (Lipinski definition) is 2. The molecule has 0 radical (unpaired) electrons. The van der Waals surface area contributed by atoms with E-state index in [9.17, 15) is 22.0 Å². The number of epoxide rings is 1. The smallest absolute Gasteiger partial charge is 0.367 e. The van der Waals surface area contributed by atoms with Crippen molar-refractivity contribution in [3.8, 4) is 0 Å². The Labute approximate surface area is 179 Å². The van der Waals surface area contributed by atoms with Gasteiger partial charge in [0.2, 0.25) is 0 Å². The monoisotopic (exact) mass is 460 g/mol. The second kappa shape index (κ2) is 6.70. The molecule has 2 aromatic rings. The highest BCUT2D eigenvalue weighted by molar-refractivity contribution is 5.45. The van der Waals surface area contributed by atoms with Crippen molar-refractivity contribution in [2.24, 2.45) is 5.41 Å². The third-order valence-electron chi connectivity index (χ3n) is 7.10. The van der Waals surface area contributed by atoms with E-state index < -0.39 is 46.8 Å². The van der Waals surface area contributed by atoms with E-state index >= 15 is 8.78 Å². The van der Waals surface area contributed by atoms with Crippen LogP contribution in [0.3, 0.4) is 0 Å². The standard InChI is InChI=1S/C23H19F7O2/c24-16-5-6-17(18(25)7-16)21(12-32-21)23(29,30)20-9-19(10-20,11-20)15-3-1-14(2-4-15)8-31-13-22(26,27)28/h1-7H,8-13H2. The van der Waals surface area contributed by atoms with E-state index in [-0.39, 0.29) is 38.0 Å². The summed E-state index contributed by atoms with van der Waals surface area (Å²) < 4.78 is 105. The van der Waals surface area contributed by atoms with Crippen molar-refractivity contribution < 1.29 is 40.2 Å². The Kier molecular flexibility index (Phi) is 4.54. The number of benzene rings is 2. The molecule has 4 fully saturated rings. The number of hydrogen-bond donors (Lipinski definition) is 0. The zero-order chi connectivity index (χ0) is 23.0. The topological polar surface area (TPSA) is 21.8 Å². The Balaban J connectivity index is 1.27. The summed E-state index contributed by atoms with van der Waals surface area (Å²) in [6.07, 6.45) is -3.80. The third kappa shape index (κ3) is 3.08. The molecule has 2 bridgehead atoms. The number of rotatable bonds is 7. The Morgan fingerprint density at radius 1 is 0.906 bits per heavy atom. The summed E-state index contributed by atoms with van der Waals surface area (Å²) in [6, 6.07) is 9.28. The van der Waals surface area contributed by atoms with Crippen LogP contribution in [0, 0.1) is 17.0 Å². The van der Waals surface area contributed by atoms with E-state index in [1.54, 1.807) is 24.3 Å². The molecule has 0 aromatic heterocycles. The molecular formula is C23H19F7O2. The summed E-state index contributed by atoms with van der Waals surface area (Å²) in [5.41, 5.74) is -2.75. The maximum absolute atomic E-state index is 15.6. The normalized spacial score (nSPS) is 31.1. The van der Waals surface area contributed by atoms with Crippen LogP contribution in [0.5, 0.6) is 0 Å². The lowest BCUT2D eigenvalue weighted by Gasteiger charge is -2.73. The van der Waals surface area contributed by atoms with Gasteiger partial charge in [0, 0.05) is 17.0 Å². The van der Waals surface area contributed by atoms with Gasteiger partial charge in [-0.15, -0.1) is 0 Å². The predicted octanol–water partition coefficient (Wildman–Crippen LogP) is 6.03. The van der Waals surface area contributed by atoms with Crippen molar-refractivity contribution in [3.63, 3.8) is 0 Å². The van der Waals surface area contributed by atoms with Crippen LogP contribution in [-0.4, -0.2) is 25.3 Å². The van der Waals surface area contributed by atoms with Crippen molar-refractivity contribution in [1.29, 1.82) is 0 Å². The lowest BCUT2D eigenvalue weighted by atomic mass is 9.31. The van der Waals surface area contributed by atoms with E-state index in [0.29, 0.717) is 11.6 Å². The minimum atomic E-state index is -4.40. The summed E-state index contributed by atoms with van der Waals surface area (Å²) in [5, 5.41) is 0. The van der Waals surface area contributed by atoms with Gasteiger partial charge in [-0.3, -0.25) is 0 Å². The van der Waals surface area contributed by atoms with Gasteiger partial charge in [-0.05, 0) is 47.9 Å². The minimum Gasteiger partial charge on any atom is -0.367 e. The molecule has 2 nitrogen and oxygen atoms in total. The molecule has 0 amide bonds. The fourth-order valence-electron chi connectivity index (χ4n) is 5.49. The molecule has 6 rings (SSSR count). The lowest BCUT2D eigenvalue weighted by molar-refractivity contribution is -0.306. The molecular weight excluding hydrogens is 441 g/mol. The second-order valence-corrected chi connectivity index (χ2v) is 9.21. The molecule has 1 unspecified atom stereocenters.